The van der Waals surface area contributed by atoms with E-state index in [0.29, 0.717) is 48.8 Å². The average molecular weight is 396 g/mol. The number of amides is 2. The number of ether oxygens (including phenoxy) is 2. The first kappa shape index (κ1) is 20.4. The van der Waals surface area contributed by atoms with Crippen LogP contribution in [0.15, 0.2) is 48.5 Å². The quantitative estimate of drug-likeness (QED) is 0.700. The number of carbonyl (C=O) groups is 3. The summed E-state index contributed by atoms with van der Waals surface area (Å²) < 4.78 is 10.7. The Morgan fingerprint density at radius 2 is 1.52 bits per heavy atom. The lowest BCUT2D eigenvalue weighted by molar-refractivity contribution is -0.134. The van der Waals surface area contributed by atoms with E-state index in [-0.39, 0.29) is 24.2 Å². The zero-order chi connectivity index (χ0) is 20.8. The molecule has 0 spiro atoms. The Kier molecular flexibility index (Phi) is 6.49. The van der Waals surface area contributed by atoms with Crippen molar-refractivity contribution < 1.29 is 23.9 Å². The number of ketones is 1. The number of piperazine rings is 1. The van der Waals surface area contributed by atoms with Crippen molar-refractivity contribution in [1.82, 2.24) is 9.80 Å². The number of benzene rings is 2. The molecule has 2 aromatic carbocycles. The second-order valence-electron chi connectivity index (χ2n) is 6.77. The van der Waals surface area contributed by atoms with Gasteiger partial charge in [-0.2, -0.15) is 0 Å². The number of rotatable bonds is 6. The molecule has 1 aliphatic heterocycles. The number of carbonyl (C=O) groups excluding carboxylic acids is 3. The molecule has 2 aromatic rings. The number of hydrogen-bond acceptors (Lipinski definition) is 5. The van der Waals surface area contributed by atoms with Crippen LogP contribution in [0, 0.1) is 0 Å². The molecule has 1 saturated heterocycles. The van der Waals surface area contributed by atoms with Crippen molar-refractivity contribution in [3.8, 4) is 11.5 Å². The highest BCUT2D eigenvalue weighted by Crippen LogP contribution is 2.16. The highest BCUT2D eigenvalue weighted by molar-refractivity contribution is 5.95. The molecule has 0 radical (unpaired) electrons. The van der Waals surface area contributed by atoms with Gasteiger partial charge in [-0.25, -0.2) is 0 Å². The van der Waals surface area contributed by atoms with E-state index >= 15 is 0 Å². The van der Waals surface area contributed by atoms with Gasteiger partial charge in [0, 0.05) is 37.3 Å². The second-order valence-corrected chi connectivity index (χ2v) is 6.77. The number of hydrogen-bond donors (Lipinski definition) is 0. The third-order valence-electron chi connectivity index (χ3n) is 4.86. The third kappa shape index (κ3) is 5.13. The molecule has 1 heterocycles. The van der Waals surface area contributed by atoms with Crippen LogP contribution >= 0.6 is 0 Å². The zero-order valence-corrected chi connectivity index (χ0v) is 16.6. The van der Waals surface area contributed by atoms with Crippen LogP contribution in [0.4, 0.5) is 0 Å². The van der Waals surface area contributed by atoms with Gasteiger partial charge in [-0.3, -0.25) is 14.4 Å². The minimum atomic E-state index is -0.130. The van der Waals surface area contributed by atoms with Crippen LogP contribution in [0.3, 0.4) is 0 Å². The Morgan fingerprint density at radius 3 is 2.14 bits per heavy atom. The predicted molar refractivity (Wildman–Crippen MR) is 107 cm³/mol. The summed E-state index contributed by atoms with van der Waals surface area (Å²) in [5.41, 5.74) is 1.17. The lowest BCUT2D eigenvalue weighted by atomic mass is 10.1. The van der Waals surface area contributed by atoms with Gasteiger partial charge in [0.2, 0.25) is 0 Å². The minimum absolute atomic E-state index is 0.0195. The lowest BCUT2D eigenvalue weighted by Gasteiger charge is -2.34. The van der Waals surface area contributed by atoms with Crippen molar-refractivity contribution in [3.05, 3.63) is 59.7 Å². The van der Waals surface area contributed by atoms with E-state index in [0.717, 1.165) is 0 Å². The highest BCUT2D eigenvalue weighted by atomic mass is 16.5. The summed E-state index contributed by atoms with van der Waals surface area (Å²) in [7, 11) is 1.56. The largest absolute Gasteiger partial charge is 0.497 e. The van der Waals surface area contributed by atoms with Gasteiger partial charge in [-0.05, 0) is 49.4 Å². The van der Waals surface area contributed by atoms with Crippen LogP contribution in [0.5, 0.6) is 11.5 Å². The molecule has 0 saturated carbocycles. The maximum Gasteiger partial charge on any atom is 0.260 e. The van der Waals surface area contributed by atoms with Gasteiger partial charge >= 0.3 is 0 Å². The predicted octanol–water partition coefficient (Wildman–Crippen LogP) is 2.26. The molecule has 0 N–H and O–H groups in total. The lowest BCUT2D eigenvalue weighted by Crippen LogP contribution is -2.51. The maximum atomic E-state index is 12.6. The van der Waals surface area contributed by atoms with Crippen LogP contribution in [0.1, 0.15) is 27.6 Å². The minimum Gasteiger partial charge on any atom is -0.497 e. The van der Waals surface area contributed by atoms with Crippen molar-refractivity contribution in [2.45, 2.75) is 6.92 Å². The van der Waals surface area contributed by atoms with E-state index in [1.165, 1.54) is 6.92 Å². The van der Waals surface area contributed by atoms with Gasteiger partial charge in [-0.1, -0.05) is 6.07 Å². The highest BCUT2D eigenvalue weighted by Gasteiger charge is 2.25. The normalized spacial score (nSPS) is 13.7. The molecular formula is C22H24N2O5. The molecule has 0 aliphatic carbocycles. The van der Waals surface area contributed by atoms with Gasteiger partial charge in [-0.15, -0.1) is 0 Å². The van der Waals surface area contributed by atoms with Gasteiger partial charge in [0.1, 0.15) is 11.5 Å². The molecule has 7 nitrogen and oxygen atoms in total. The zero-order valence-electron chi connectivity index (χ0n) is 16.6. The molecule has 3 rings (SSSR count). The molecule has 1 fully saturated rings. The van der Waals surface area contributed by atoms with E-state index in [2.05, 4.69) is 0 Å². The molecule has 152 valence electrons. The summed E-state index contributed by atoms with van der Waals surface area (Å²) in [6.07, 6.45) is 0. The first-order valence-electron chi connectivity index (χ1n) is 9.43. The Hall–Kier alpha value is -3.35. The Morgan fingerprint density at radius 1 is 0.862 bits per heavy atom. The molecule has 0 unspecified atom stereocenters. The third-order valence-corrected chi connectivity index (χ3v) is 4.86. The summed E-state index contributed by atoms with van der Waals surface area (Å²) in [6.45, 7) is 3.27. The second kappa shape index (κ2) is 9.23. The first-order chi connectivity index (χ1) is 14.0. The van der Waals surface area contributed by atoms with Crippen LogP contribution < -0.4 is 9.47 Å². The van der Waals surface area contributed by atoms with Crippen LogP contribution in [0.2, 0.25) is 0 Å². The smallest absolute Gasteiger partial charge is 0.260 e. The average Bonchev–Trinajstić information content (AvgIpc) is 2.77. The van der Waals surface area contributed by atoms with Crippen LogP contribution in [0.25, 0.3) is 0 Å². The molecule has 1 aliphatic rings. The van der Waals surface area contributed by atoms with Crippen molar-refractivity contribution in [2.75, 3.05) is 39.9 Å². The molecule has 0 bridgehead atoms. The van der Waals surface area contributed by atoms with E-state index in [4.69, 9.17) is 9.47 Å². The van der Waals surface area contributed by atoms with Gasteiger partial charge in [0.25, 0.3) is 11.8 Å². The van der Waals surface area contributed by atoms with Crippen LogP contribution in [-0.2, 0) is 4.79 Å². The fraction of sp³-hybridized carbons (Fsp3) is 0.318. The number of methoxy groups -OCH3 is 1. The van der Waals surface area contributed by atoms with Crippen molar-refractivity contribution >= 4 is 17.6 Å². The maximum absolute atomic E-state index is 12.6. The Labute approximate surface area is 169 Å². The van der Waals surface area contributed by atoms with Crippen LogP contribution in [-0.4, -0.2) is 67.3 Å². The molecule has 7 heteroatoms. The van der Waals surface area contributed by atoms with E-state index in [9.17, 15) is 14.4 Å². The van der Waals surface area contributed by atoms with Gasteiger partial charge in [0.15, 0.2) is 12.4 Å². The SMILES string of the molecule is COc1cccc(C(=O)N2CCN(C(=O)COc3ccc(C(C)=O)cc3)CC2)c1. The van der Waals surface area contributed by atoms with E-state index in [1.807, 2.05) is 0 Å². The molecule has 0 aromatic heterocycles. The summed E-state index contributed by atoms with van der Waals surface area (Å²) in [4.78, 5) is 39.8. The van der Waals surface area contributed by atoms with E-state index in [1.54, 1.807) is 65.4 Å². The first-order valence-corrected chi connectivity index (χ1v) is 9.43. The topological polar surface area (TPSA) is 76.2 Å². The fourth-order valence-electron chi connectivity index (χ4n) is 3.12. The number of Topliss-reactive ketones (excluding diaryl/α,β-unsaturated/α-hetero) is 1. The van der Waals surface area contributed by atoms with Gasteiger partial charge < -0.3 is 19.3 Å². The summed E-state index contributed by atoms with van der Waals surface area (Å²) >= 11 is 0. The molecule has 29 heavy (non-hydrogen) atoms. The van der Waals surface area contributed by atoms with Crippen molar-refractivity contribution in [1.29, 1.82) is 0 Å². The number of nitrogens with zero attached hydrogens (tertiary/aromatic N) is 2. The van der Waals surface area contributed by atoms with Crippen molar-refractivity contribution in [2.24, 2.45) is 0 Å². The monoisotopic (exact) mass is 396 g/mol. The fourth-order valence-corrected chi connectivity index (χ4v) is 3.12. The summed E-state index contributed by atoms with van der Waals surface area (Å²) in [5.74, 6) is 0.953. The Bertz CT molecular complexity index is 886. The molecular weight excluding hydrogens is 372 g/mol. The molecule has 0 atom stereocenters. The van der Waals surface area contributed by atoms with Gasteiger partial charge in [0.05, 0.1) is 7.11 Å². The summed E-state index contributed by atoms with van der Waals surface area (Å²) in [5, 5.41) is 0. The van der Waals surface area contributed by atoms with E-state index < -0.39 is 0 Å². The van der Waals surface area contributed by atoms with Crippen molar-refractivity contribution in [3.63, 3.8) is 0 Å². The molecule has 2 amide bonds. The standard InChI is InChI=1S/C22H24N2O5/c1-16(25)17-6-8-19(9-7-17)29-15-21(26)23-10-12-24(13-11-23)22(27)18-4-3-5-20(14-18)28-2/h3-9,14H,10-13,15H2,1-2H3. The Balaban J connectivity index is 1.48. The summed E-state index contributed by atoms with van der Waals surface area (Å²) in [6, 6.07) is 13.7.